The number of aromatic nitrogens is 1. The second-order valence-electron chi connectivity index (χ2n) is 11.0. The van der Waals surface area contributed by atoms with Crippen molar-refractivity contribution in [3.63, 3.8) is 0 Å². The molecule has 2 amide bonds. The number of rotatable bonds is 11. The van der Waals surface area contributed by atoms with Crippen LogP contribution in [0.2, 0.25) is 0 Å². The lowest BCUT2D eigenvalue weighted by Gasteiger charge is -2.30. The van der Waals surface area contributed by atoms with E-state index in [-0.39, 0.29) is 43.3 Å². The summed E-state index contributed by atoms with van der Waals surface area (Å²) in [5, 5.41) is 8.85. The molecule has 3 heterocycles. The normalized spacial score (nSPS) is 20.0. The van der Waals surface area contributed by atoms with Gasteiger partial charge in [-0.25, -0.2) is 18.0 Å². The molecule has 2 aliphatic heterocycles. The highest BCUT2D eigenvalue weighted by Crippen LogP contribution is 2.30. The summed E-state index contributed by atoms with van der Waals surface area (Å²) in [6, 6.07) is 11.4. The monoisotopic (exact) mass is 612 g/mol. The number of halogens is 3. The summed E-state index contributed by atoms with van der Waals surface area (Å²) in [6.45, 7) is 2.06. The van der Waals surface area contributed by atoms with Crippen molar-refractivity contribution in [2.24, 2.45) is 0 Å². The first-order valence-electron chi connectivity index (χ1n) is 14.6. The standard InChI is InChI=1S/C32H35F3N4O5/c33-22-5-1-20(2-6-22)28(21-3-7-23(34)8-4-21)13-31(40)39-30-16-36-15-29(35)27(30)10-9-26-14-37-25(18-43-26)19-44-32(41)38-24-11-12-42-17-24/h1-8,15-16,24-26,28,37H,9-14,17-19H2,(H,38,41)(H,39,40)/t24?,25-,26+/m0/s1. The van der Waals surface area contributed by atoms with Gasteiger partial charge < -0.3 is 30.2 Å². The third-order valence-corrected chi connectivity index (χ3v) is 7.76. The van der Waals surface area contributed by atoms with Gasteiger partial charge in [-0.1, -0.05) is 24.3 Å². The number of nitrogens with zero attached hydrogens (tertiary/aromatic N) is 1. The van der Waals surface area contributed by atoms with E-state index in [1.54, 1.807) is 24.3 Å². The summed E-state index contributed by atoms with van der Waals surface area (Å²) in [4.78, 5) is 29.1. The van der Waals surface area contributed by atoms with Gasteiger partial charge in [-0.15, -0.1) is 0 Å². The molecule has 5 rings (SSSR count). The maximum Gasteiger partial charge on any atom is 0.407 e. The summed E-state index contributed by atoms with van der Waals surface area (Å²) in [5.41, 5.74) is 1.91. The number of amides is 2. The Hall–Kier alpha value is -4.00. The molecule has 2 saturated heterocycles. The van der Waals surface area contributed by atoms with Crippen LogP contribution in [0.3, 0.4) is 0 Å². The molecule has 2 aliphatic rings. The van der Waals surface area contributed by atoms with E-state index in [0.29, 0.717) is 49.5 Å². The van der Waals surface area contributed by atoms with E-state index in [1.807, 2.05) is 0 Å². The number of hydrogen-bond donors (Lipinski definition) is 3. The van der Waals surface area contributed by atoms with E-state index < -0.39 is 35.4 Å². The molecule has 0 spiro atoms. The number of pyridine rings is 1. The number of carbonyl (C=O) groups is 2. The van der Waals surface area contributed by atoms with Gasteiger partial charge in [-0.3, -0.25) is 9.78 Å². The van der Waals surface area contributed by atoms with Crippen molar-refractivity contribution in [2.45, 2.75) is 49.8 Å². The van der Waals surface area contributed by atoms with Crippen molar-refractivity contribution in [1.29, 1.82) is 0 Å². The van der Waals surface area contributed by atoms with E-state index in [0.717, 1.165) is 12.6 Å². The molecule has 3 atom stereocenters. The Kier molecular flexibility index (Phi) is 10.8. The van der Waals surface area contributed by atoms with E-state index >= 15 is 0 Å². The van der Waals surface area contributed by atoms with Crippen LogP contribution in [0.4, 0.5) is 23.7 Å². The van der Waals surface area contributed by atoms with Crippen LogP contribution >= 0.6 is 0 Å². The number of morpholine rings is 1. The smallest absolute Gasteiger partial charge is 0.407 e. The van der Waals surface area contributed by atoms with Gasteiger partial charge in [-0.2, -0.15) is 0 Å². The number of hydrogen-bond acceptors (Lipinski definition) is 7. The molecule has 12 heteroatoms. The van der Waals surface area contributed by atoms with Gasteiger partial charge in [0.25, 0.3) is 0 Å². The first-order chi connectivity index (χ1) is 21.3. The molecule has 1 aromatic heterocycles. The molecular formula is C32H35F3N4O5. The number of carbonyl (C=O) groups excluding carboxylic acids is 2. The van der Waals surface area contributed by atoms with Crippen LogP contribution in [0.5, 0.6) is 0 Å². The average Bonchev–Trinajstić information content (AvgIpc) is 3.53. The summed E-state index contributed by atoms with van der Waals surface area (Å²) in [6.07, 6.45) is 3.26. The number of nitrogens with one attached hydrogen (secondary N) is 3. The van der Waals surface area contributed by atoms with Gasteiger partial charge in [-0.05, 0) is 54.7 Å². The Labute approximate surface area is 253 Å². The fourth-order valence-corrected chi connectivity index (χ4v) is 5.33. The van der Waals surface area contributed by atoms with Crippen LogP contribution < -0.4 is 16.0 Å². The van der Waals surface area contributed by atoms with Crippen LogP contribution in [0.1, 0.15) is 41.9 Å². The van der Waals surface area contributed by atoms with E-state index in [1.165, 1.54) is 30.5 Å². The lowest BCUT2D eigenvalue weighted by atomic mass is 9.88. The molecule has 44 heavy (non-hydrogen) atoms. The quantitative estimate of drug-likeness (QED) is 0.293. The molecule has 1 unspecified atom stereocenters. The van der Waals surface area contributed by atoms with Crippen molar-refractivity contribution < 1.29 is 37.0 Å². The van der Waals surface area contributed by atoms with Crippen molar-refractivity contribution in [3.8, 4) is 0 Å². The SMILES string of the molecule is O=C(CC(c1ccc(F)cc1)c1ccc(F)cc1)Nc1cncc(F)c1CC[C@@H]1CN[C@H](COC(=O)NC2CCOC2)CO1. The van der Waals surface area contributed by atoms with Gasteiger partial charge in [0.1, 0.15) is 24.1 Å². The highest BCUT2D eigenvalue weighted by atomic mass is 19.1. The van der Waals surface area contributed by atoms with Crippen molar-refractivity contribution >= 4 is 17.7 Å². The van der Waals surface area contributed by atoms with E-state index in [4.69, 9.17) is 14.2 Å². The van der Waals surface area contributed by atoms with Gasteiger partial charge in [0, 0.05) is 31.1 Å². The second kappa shape index (κ2) is 15.1. The minimum Gasteiger partial charge on any atom is -0.448 e. The minimum absolute atomic E-state index is 0.0308. The van der Waals surface area contributed by atoms with Crippen LogP contribution in [-0.4, -0.2) is 68.1 Å². The predicted molar refractivity (Wildman–Crippen MR) is 156 cm³/mol. The average molecular weight is 613 g/mol. The van der Waals surface area contributed by atoms with E-state index in [9.17, 15) is 22.8 Å². The zero-order valence-corrected chi connectivity index (χ0v) is 24.1. The lowest BCUT2D eigenvalue weighted by Crippen LogP contribution is -2.49. The number of anilines is 1. The third kappa shape index (κ3) is 8.77. The molecule has 9 nitrogen and oxygen atoms in total. The van der Waals surface area contributed by atoms with Crippen LogP contribution in [0.15, 0.2) is 60.9 Å². The largest absolute Gasteiger partial charge is 0.448 e. The number of ether oxygens (including phenoxy) is 3. The van der Waals surface area contributed by atoms with Gasteiger partial charge in [0.15, 0.2) is 0 Å². The Morgan fingerprint density at radius 3 is 2.32 bits per heavy atom. The fourth-order valence-electron chi connectivity index (χ4n) is 5.33. The molecule has 0 radical (unpaired) electrons. The zero-order valence-electron chi connectivity index (χ0n) is 24.1. The van der Waals surface area contributed by atoms with Gasteiger partial charge in [0.05, 0.1) is 49.5 Å². The molecule has 0 saturated carbocycles. The zero-order chi connectivity index (χ0) is 30.9. The highest BCUT2D eigenvalue weighted by molar-refractivity contribution is 5.92. The Bertz CT molecular complexity index is 1350. The molecule has 2 aromatic carbocycles. The molecule has 0 bridgehead atoms. The van der Waals surface area contributed by atoms with E-state index in [2.05, 4.69) is 20.9 Å². The van der Waals surface area contributed by atoms with Crippen molar-refractivity contribution in [2.75, 3.05) is 38.3 Å². The topological polar surface area (TPSA) is 111 Å². The first-order valence-corrected chi connectivity index (χ1v) is 14.6. The maximum atomic E-state index is 14.9. The minimum atomic E-state index is -0.551. The Morgan fingerprint density at radius 2 is 1.70 bits per heavy atom. The summed E-state index contributed by atoms with van der Waals surface area (Å²) >= 11 is 0. The fraction of sp³-hybridized carbons (Fsp3) is 0.406. The summed E-state index contributed by atoms with van der Waals surface area (Å²) < 4.78 is 58.5. The van der Waals surface area contributed by atoms with Gasteiger partial charge in [0.2, 0.25) is 5.91 Å². The molecule has 2 fully saturated rings. The highest BCUT2D eigenvalue weighted by Gasteiger charge is 2.25. The molecule has 234 valence electrons. The van der Waals surface area contributed by atoms with Crippen molar-refractivity contribution in [3.05, 3.63) is 95.1 Å². The van der Waals surface area contributed by atoms with Crippen LogP contribution in [-0.2, 0) is 25.4 Å². The van der Waals surface area contributed by atoms with Crippen molar-refractivity contribution in [1.82, 2.24) is 15.6 Å². The molecule has 3 aromatic rings. The predicted octanol–water partition coefficient (Wildman–Crippen LogP) is 4.46. The number of alkyl carbamates (subject to hydrolysis) is 1. The van der Waals surface area contributed by atoms with Gasteiger partial charge >= 0.3 is 6.09 Å². The number of benzene rings is 2. The van der Waals surface area contributed by atoms with Crippen LogP contribution in [0, 0.1) is 17.5 Å². The maximum absolute atomic E-state index is 14.9. The molecular weight excluding hydrogens is 577 g/mol. The van der Waals surface area contributed by atoms with Crippen LogP contribution in [0.25, 0.3) is 0 Å². The Morgan fingerprint density at radius 1 is 1.00 bits per heavy atom. The summed E-state index contributed by atoms with van der Waals surface area (Å²) in [7, 11) is 0. The molecule has 3 N–H and O–H groups in total. The second-order valence-corrected chi connectivity index (χ2v) is 11.0. The first kappa shape index (κ1) is 31.4. The third-order valence-electron chi connectivity index (χ3n) is 7.76. The molecule has 0 aliphatic carbocycles. The Balaban J connectivity index is 1.14. The lowest BCUT2D eigenvalue weighted by molar-refractivity contribution is -0.116. The summed E-state index contributed by atoms with van der Waals surface area (Å²) in [5.74, 6) is -2.26.